The van der Waals surface area contributed by atoms with Gasteiger partial charge in [-0.15, -0.1) is 0 Å². The van der Waals surface area contributed by atoms with Gasteiger partial charge in [-0.25, -0.2) is 0 Å². The Labute approximate surface area is 126 Å². The second-order valence-electron chi connectivity index (χ2n) is 6.14. The van der Waals surface area contributed by atoms with Crippen LogP contribution in [-0.2, 0) is 0 Å². The van der Waals surface area contributed by atoms with E-state index in [-0.39, 0.29) is 6.04 Å². The Balaban J connectivity index is 2.30. The molecule has 0 saturated carbocycles. The van der Waals surface area contributed by atoms with Gasteiger partial charge in [0.1, 0.15) is 0 Å². The number of hydrogen-bond acceptors (Lipinski definition) is 1. The monoisotopic (exact) mass is 275 g/mol. The van der Waals surface area contributed by atoms with Crippen LogP contribution >= 0.6 is 0 Å². The Bertz CT molecular complexity index is 341. The Kier molecular flexibility index (Phi) is 8.60. The molecule has 1 nitrogen and oxygen atoms in total. The van der Waals surface area contributed by atoms with Crippen molar-refractivity contribution in [1.82, 2.24) is 0 Å². The molecule has 2 atom stereocenters. The first-order valence-corrected chi connectivity index (χ1v) is 8.54. The highest BCUT2D eigenvalue weighted by molar-refractivity contribution is 5.26. The minimum atomic E-state index is 0.215. The zero-order valence-electron chi connectivity index (χ0n) is 13.7. The van der Waals surface area contributed by atoms with Gasteiger partial charge in [-0.3, -0.25) is 0 Å². The third-order valence-electron chi connectivity index (χ3n) is 4.41. The minimum Gasteiger partial charge on any atom is -0.324 e. The standard InChI is InChI=1S/C19H33N/c1-4-6-7-8-9-10-11-19(20)18-14-12-17(13-15-18)16(3)5-2/h12-16,19H,4-11,20H2,1-3H3. The highest BCUT2D eigenvalue weighted by atomic mass is 14.6. The number of benzene rings is 1. The van der Waals surface area contributed by atoms with Crippen molar-refractivity contribution in [2.75, 3.05) is 0 Å². The molecule has 1 rings (SSSR count). The van der Waals surface area contributed by atoms with Crippen LogP contribution in [0.25, 0.3) is 0 Å². The van der Waals surface area contributed by atoms with E-state index in [4.69, 9.17) is 5.73 Å². The van der Waals surface area contributed by atoms with E-state index in [9.17, 15) is 0 Å². The highest BCUT2D eigenvalue weighted by Gasteiger charge is 2.07. The lowest BCUT2D eigenvalue weighted by atomic mass is 9.94. The molecule has 0 fully saturated rings. The van der Waals surface area contributed by atoms with Crippen LogP contribution in [0.5, 0.6) is 0 Å². The molecule has 0 spiro atoms. The molecule has 2 N–H and O–H groups in total. The maximum absolute atomic E-state index is 6.29. The predicted octanol–water partition coefficient (Wildman–Crippen LogP) is 5.95. The third kappa shape index (κ3) is 6.09. The fraction of sp³-hybridized carbons (Fsp3) is 0.684. The van der Waals surface area contributed by atoms with Crippen LogP contribution in [0.2, 0.25) is 0 Å². The quantitative estimate of drug-likeness (QED) is 0.524. The molecule has 0 aliphatic rings. The van der Waals surface area contributed by atoms with Crippen LogP contribution in [-0.4, -0.2) is 0 Å². The molecule has 2 unspecified atom stereocenters. The molecule has 0 radical (unpaired) electrons. The number of unbranched alkanes of at least 4 members (excludes halogenated alkanes) is 5. The van der Waals surface area contributed by atoms with E-state index in [2.05, 4.69) is 45.0 Å². The fourth-order valence-electron chi connectivity index (χ4n) is 2.62. The molecule has 0 bridgehead atoms. The molecular weight excluding hydrogens is 242 g/mol. The zero-order chi connectivity index (χ0) is 14.8. The Morgan fingerprint density at radius 3 is 2.00 bits per heavy atom. The molecule has 0 aliphatic carbocycles. The van der Waals surface area contributed by atoms with Crippen molar-refractivity contribution in [3.05, 3.63) is 35.4 Å². The Morgan fingerprint density at radius 1 is 0.850 bits per heavy atom. The van der Waals surface area contributed by atoms with E-state index < -0.39 is 0 Å². The lowest BCUT2D eigenvalue weighted by Crippen LogP contribution is -2.10. The summed E-state index contributed by atoms with van der Waals surface area (Å²) in [5.41, 5.74) is 9.02. The average molecular weight is 275 g/mol. The molecule has 114 valence electrons. The molecule has 0 aliphatic heterocycles. The zero-order valence-corrected chi connectivity index (χ0v) is 13.7. The van der Waals surface area contributed by atoms with Gasteiger partial charge in [0.25, 0.3) is 0 Å². The molecule has 0 aromatic heterocycles. The Hall–Kier alpha value is -0.820. The SMILES string of the molecule is CCCCCCCCC(N)c1ccc(C(C)CC)cc1. The van der Waals surface area contributed by atoms with Crippen molar-refractivity contribution in [2.45, 2.75) is 84.1 Å². The maximum Gasteiger partial charge on any atom is 0.0294 e. The summed E-state index contributed by atoms with van der Waals surface area (Å²) in [5.74, 6) is 0.652. The average Bonchev–Trinajstić information content (AvgIpc) is 2.50. The molecule has 0 heterocycles. The summed E-state index contributed by atoms with van der Waals surface area (Å²) in [7, 11) is 0. The van der Waals surface area contributed by atoms with Gasteiger partial charge in [0, 0.05) is 6.04 Å². The summed E-state index contributed by atoms with van der Waals surface area (Å²) in [6.07, 6.45) is 10.4. The van der Waals surface area contributed by atoms with E-state index in [1.165, 1.54) is 56.1 Å². The van der Waals surface area contributed by atoms with Crippen LogP contribution in [0.15, 0.2) is 24.3 Å². The van der Waals surface area contributed by atoms with Crippen molar-refractivity contribution in [1.29, 1.82) is 0 Å². The number of rotatable bonds is 10. The van der Waals surface area contributed by atoms with Gasteiger partial charge in [-0.05, 0) is 29.9 Å². The molecule has 1 heteroatoms. The summed E-state index contributed by atoms with van der Waals surface area (Å²) in [6, 6.07) is 9.17. The van der Waals surface area contributed by atoms with Gasteiger partial charge >= 0.3 is 0 Å². The van der Waals surface area contributed by atoms with Crippen LogP contribution in [0, 0.1) is 0 Å². The first kappa shape index (κ1) is 17.2. The third-order valence-corrected chi connectivity index (χ3v) is 4.41. The van der Waals surface area contributed by atoms with E-state index >= 15 is 0 Å². The second-order valence-corrected chi connectivity index (χ2v) is 6.14. The summed E-state index contributed by atoms with van der Waals surface area (Å²) in [4.78, 5) is 0. The molecule has 1 aromatic rings. The Morgan fingerprint density at radius 2 is 1.40 bits per heavy atom. The van der Waals surface area contributed by atoms with Crippen molar-refractivity contribution >= 4 is 0 Å². The maximum atomic E-state index is 6.29. The number of hydrogen-bond donors (Lipinski definition) is 1. The van der Waals surface area contributed by atoms with Crippen molar-refractivity contribution in [3.8, 4) is 0 Å². The fourth-order valence-corrected chi connectivity index (χ4v) is 2.62. The highest BCUT2D eigenvalue weighted by Crippen LogP contribution is 2.23. The van der Waals surface area contributed by atoms with Gasteiger partial charge in [0.05, 0.1) is 0 Å². The normalized spacial score (nSPS) is 14.2. The van der Waals surface area contributed by atoms with E-state index in [1.54, 1.807) is 0 Å². The van der Waals surface area contributed by atoms with Crippen LogP contribution < -0.4 is 5.73 Å². The molecule has 1 aromatic carbocycles. The first-order chi connectivity index (χ1) is 9.69. The lowest BCUT2D eigenvalue weighted by Gasteiger charge is -2.14. The van der Waals surface area contributed by atoms with Gasteiger partial charge in [-0.1, -0.05) is 83.6 Å². The van der Waals surface area contributed by atoms with Crippen molar-refractivity contribution in [2.24, 2.45) is 5.73 Å². The molecular formula is C19H33N. The smallest absolute Gasteiger partial charge is 0.0294 e. The largest absolute Gasteiger partial charge is 0.324 e. The summed E-state index contributed by atoms with van der Waals surface area (Å²) in [5, 5.41) is 0. The van der Waals surface area contributed by atoms with Gasteiger partial charge in [-0.2, -0.15) is 0 Å². The van der Waals surface area contributed by atoms with E-state index in [0.29, 0.717) is 5.92 Å². The van der Waals surface area contributed by atoms with Gasteiger partial charge in [0.2, 0.25) is 0 Å². The van der Waals surface area contributed by atoms with E-state index in [0.717, 1.165) is 6.42 Å². The van der Waals surface area contributed by atoms with Crippen molar-refractivity contribution in [3.63, 3.8) is 0 Å². The van der Waals surface area contributed by atoms with Crippen LogP contribution in [0.1, 0.15) is 95.2 Å². The topological polar surface area (TPSA) is 26.0 Å². The van der Waals surface area contributed by atoms with Crippen LogP contribution in [0.3, 0.4) is 0 Å². The second kappa shape index (κ2) is 9.99. The molecule has 0 saturated heterocycles. The first-order valence-electron chi connectivity index (χ1n) is 8.54. The van der Waals surface area contributed by atoms with E-state index in [1.807, 2.05) is 0 Å². The molecule has 0 amide bonds. The minimum absolute atomic E-state index is 0.215. The van der Waals surface area contributed by atoms with Crippen molar-refractivity contribution < 1.29 is 0 Å². The summed E-state index contributed by atoms with van der Waals surface area (Å²) in [6.45, 7) is 6.78. The lowest BCUT2D eigenvalue weighted by molar-refractivity contribution is 0.547. The number of nitrogens with two attached hydrogens (primary N) is 1. The predicted molar refractivity (Wildman–Crippen MR) is 90.1 cm³/mol. The van der Waals surface area contributed by atoms with Gasteiger partial charge in [0.15, 0.2) is 0 Å². The molecule has 20 heavy (non-hydrogen) atoms. The van der Waals surface area contributed by atoms with Crippen LogP contribution in [0.4, 0.5) is 0 Å². The summed E-state index contributed by atoms with van der Waals surface area (Å²) >= 11 is 0. The summed E-state index contributed by atoms with van der Waals surface area (Å²) < 4.78 is 0. The van der Waals surface area contributed by atoms with Gasteiger partial charge < -0.3 is 5.73 Å².